The largest absolute Gasteiger partial charge is 0.342 e. The van der Waals surface area contributed by atoms with Gasteiger partial charge in [0, 0.05) is 30.8 Å². The molecule has 2 saturated carbocycles. The van der Waals surface area contributed by atoms with E-state index in [-0.39, 0.29) is 43.7 Å². The van der Waals surface area contributed by atoms with E-state index in [1.165, 1.54) is 4.88 Å². The first-order valence-corrected chi connectivity index (χ1v) is 10.8. The second-order valence-corrected chi connectivity index (χ2v) is 9.72. The molecule has 3 fully saturated rings. The predicted octanol–water partition coefficient (Wildman–Crippen LogP) is 4.49. The van der Waals surface area contributed by atoms with Crippen LogP contribution in [0.3, 0.4) is 0 Å². The summed E-state index contributed by atoms with van der Waals surface area (Å²) < 4.78 is 32.6. The van der Waals surface area contributed by atoms with E-state index in [9.17, 15) is 13.6 Å². The molecule has 0 N–H and O–H groups in total. The van der Waals surface area contributed by atoms with Gasteiger partial charge in [0.15, 0.2) is 0 Å². The number of carbonyl (C=O) groups is 1. The molecule has 3 aliphatic rings. The summed E-state index contributed by atoms with van der Waals surface area (Å²) in [4.78, 5) is 21.7. The maximum Gasteiger partial charge on any atom is 0.251 e. The van der Waals surface area contributed by atoms with Crippen molar-refractivity contribution in [1.82, 2.24) is 15.0 Å². The number of likely N-dealkylation sites (tertiary alicyclic amines) is 1. The van der Waals surface area contributed by atoms with Gasteiger partial charge in [-0.25, -0.2) is 8.78 Å². The molecule has 0 spiro atoms. The van der Waals surface area contributed by atoms with Crippen LogP contribution in [0.15, 0.2) is 16.7 Å². The normalized spacial score (nSPS) is 31.5. The first-order chi connectivity index (χ1) is 13.4. The van der Waals surface area contributed by atoms with Crippen LogP contribution in [-0.4, -0.2) is 40.0 Å². The standard InChI is InChI=1S/C20H23F2N3O2S/c1-11-2-5-14(28-11)17-23-18(27-24-17)15-12-3-4-13(10-12)16(15)19(26)25-8-6-20(21,22)7-9-25/h2,5,12-13,15-16H,3-4,6-10H2,1H3/t12-,13+,15+,16+/m1/s1. The Labute approximate surface area is 166 Å². The molecule has 1 aliphatic heterocycles. The first kappa shape index (κ1) is 18.2. The number of aromatic nitrogens is 2. The van der Waals surface area contributed by atoms with E-state index in [2.05, 4.69) is 10.1 Å². The van der Waals surface area contributed by atoms with Gasteiger partial charge in [0.1, 0.15) is 0 Å². The summed E-state index contributed by atoms with van der Waals surface area (Å²) in [6, 6.07) is 4.00. The van der Waals surface area contributed by atoms with Crippen LogP contribution in [0.2, 0.25) is 0 Å². The molecule has 8 heteroatoms. The molecule has 2 aromatic heterocycles. The number of hydrogen-bond acceptors (Lipinski definition) is 5. The van der Waals surface area contributed by atoms with Crippen LogP contribution in [0.25, 0.3) is 10.7 Å². The molecule has 0 unspecified atom stereocenters. The Hall–Kier alpha value is -1.83. The minimum Gasteiger partial charge on any atom is -0.342 e. The minimum absolute atomic E-state index is 0.000539. The molecular weight excluding hydrogens is 384 g/mol. The third-order valence-corrected chi connectivity index (χ3v) is 7.69. The molecule has 2 bridgehead atoms. The highest BCUT2D eigenvalue weighted by atomic mass is 32.1. The Balaban J connectivity index is 1.39. The average molecular weight is 407 g/mol. The topological polar surface area (TPSA) is 59.2 Å². The van der Waals surface area contributed by atoms with E-state index >= 15 is 0 Å². The first-order valence-electron chi connectivity index (χ1n) is 9.98. The molecule has 1 amide bonds. The molecule has 1 saturated heterocycles. The van der Waals surface area contributed by atoms with E-state index in [0.717, 1.165) is 24.1 Å². The second kappa shape index (κ2) is 6.61. The predicted molar refractivity (Wildman–Crippen MR) is 100 cm³/mol. The lowest BCUT2D eigenvalue weighted by Gasteiger charge is -2.36. The summed E-state index contributed by atoms with van der Waals surface area (Å²) in [6.45, 7) is 2.30. The van der Waals surface area contributed by atoms with Crippen molar-refractivity contribution in [2.75, 3.05) is 13.1 Å². The molecule has 5 rings (SSSR count). The summed E-state index contributed by atoms with van der Waals surface area (Å²) in [5.41, 5.74) is 0. The van der Waals surface area contributed by atoms with Gasteiger partial charge in [-0.1, -0.05) is 5.16 Å². The Morgan fingerprint density at radius 1 is 1.25 bits per heavy atom. The molecule has 0 radical (unpaired) electrons. The van der Waals surface area contributed by atoms with Crippen LogP contribution in [0.4, 0.5) is 8.78 Å². The number of carbonyl (C=O) groups excluding carboxylic acids is 1. The van der Waals surface area contributed by atoms with Crippen molar-refractivity contribution in [2.24, 2.45) is 17.8 Å². The van der Waals surface area contributed by atoms with Gasteiger partial charge in [-0.3, -0.25) is 4.79 Å². The molecule has 28 heavy (non-hydrogen) atoms. The van der Waals surface area contributed by atoms with Crippen LogP contribution in [0.5, 0.6) is 0 Å². The van der Waals surface area contributed by atoms with Crippen LogP contribution >= 0.6 is 11.3 Å². The van der Waals surface area contributed by atoms with Crippen LogP contribution < -0.4 is 0 Å². The van der Waals surface area contributed by atoms with Gasteiger partial charge in [-0.2, -0.15) is 4.98 Å². The smallest absolute Gasteiger partial charge is 0.251 e. The number of aryl methyl sites for hydroxylation is 1. The third kappa shape index (κ3) is 3.06. The molecule has 2 aliphatic carbocycles. The third-order valence-electron chi connectivity index (χ3n) is 6.70. The molecule has 150 valence electrons. The number of nitrogens with zero attached hydrogens (tertiary/aromatic N) is 3. The van der Waals surface area contributed by atoms with Crippen molar-refractivity contribution in [2.45, 2.75) is 50.9 Å². The monoisotopic (exact) mass is 407 g/mol. The van der Waals surface area contributed by atoms with Gasteiger partial charge >= 0.3 is 0 Å². The lowest BCUT2D eigenvalue weighted by molar-refractivity contribution is -0.144. The maximum atomic E-state index is 13.5. The fourth-order valence-electron chi connectivity index (χ4n) is 5.29. The van der Waals surface area contributed by atoms with Crippen molar-refractivity contribution in [3.8, 4) is 10.7 Å². The molecule has 4 atom stereocenters. The van der Waals surface area contributed by atoms with Gasteiger partial charge in [-0.05, 0) is 50.2 Å². The highest BCUT2D eigenvalue weighted by Crippen LogP contribution is 2.57. The SMILES string of the molecule is Cc1ccc(-c2noc([C@H]3[C@@H]4CC[C@@H](C4)[C@@H]3C(=O)N3CCC(F)(F)CC3)n2)s1. The van der Waals surface area contributed by atoms with Crippen LogP contribution in [0.1, 0.15) is 48.8 Å². The zero-order valence-corrected chi connectivity index (χ0v) is 16.6. The highest BCUT2D eigenvalue weighted by molar-refractivity contribution is 7.15. The number of piperidine rings is 1. The van der Waals surface area contributed by atoms with E-state index in [0.29, 0.717) is 23.6 Å². The molecular formula is C20H23F2N3O2S. The van der Waals surface area contributed by atoms with Gasteiger partial charge in [0.05, 0.1) is 16.7 Å². The van der Waals surface area contributed by atoms with Crippen LogP contribution in [-0.2, 0) is 4.79 Å². The number of rotatable bonds is 3. The molecule has 2 aromatic rings. The van der Waals surface area contributed by atoms with E-state index in [1.54, 1.807) is 16.2 Å². The fourth-order valence-corrected chi connectivity index (χ4v) is 6.09. The number of fused-ring (bicyclic) bond motifs is 2. The van der Waals surface area contributed by atoms with E-state index in [4.69, 9.17) is 4.52 Å². The maximum absolute atomic E-state index is 13.5. The van der Waals surface area contributed by atoms with E-state index < -0.39 is 5.92 Å². The van der Waals surface area contributed by atoms with Crippen LogP contribution in [0, 0.1) is 24.7 Å². The van der Waals surface area contributed by atoms with Gasteiger partial charge in [0.25, 0.3) is 5.92 Å². The van der Waals surface area contributed by atoms with Crippen molar-refractivity contribution < 1.29 is 18.1 Å². The van der Waals surface area contributed by atoms with Crippen molar-refractivity contribution in [3.63, 3.8) is 0 Å². The van der Waals surface area contributed by atoms with Crippen molar-refractivity contribution in [1.29, 1.82) is 0 Å². The van der Waals surface area contributed by atoms with Crippen molar-refractivity contribution in [3.05, 3.63) is 22.9 Å². The molecule has 3 heterocycles. The van der Waals surface area contributed by atoms with Gasteiger partial charge in [-0.15, -0.1) is 11.3 Å². The Kier molecular flexibility index (Phi) is 4.30. The zero-order chi connectivity index (χ0) is 19.5. The summed E-state index contributed by atoms with van der Waals surface area (Å²) in [5.74, 6) is -1.19. The summed E-state index contributed by atoms with van der Waals surface area (Å²) >= 11 is 1.61. The quantitative estimate of drug-likeness (QED) is 0.752. The zero-order valence-electron chi connectivity index (χ0n) is 15.7. The summed E-state index contributed by atoms with van der Waals surface area (Å²) in [7, 11) is 0. The molecule has 5 nitrogen and oxygen atoms in total. The summed E-state index contributed by atoms with van der Waals surface area (Å²) in [5, 5.41) is 4.15. The fraction of sp³-hybridized carbons (Fsp3) is 0.650. The lowest BCUT2D eigenvalue weighted by atomic mass is 9.78. The van der Waals surface area contributed by atoms with Crippen molar-refractivity contribution >= 4 is 17.2 Å². The Bertz CT molecular complexity index is 886. The Morgan fingerprint density at radius 3 is 2.71 bits per heavy atom. The van der Waals surface area contributed by atoms with Gasteiger partial charge in [0.2, 0.25) is 17.6 Å². The van der Waals surface area contributed by atoms with Gasteiger partial charge < -0.3 is 9.42 Å². The number of alkyl halides is 2. The second-order valence-electron chi connectivity index (χ2n) is 8.43. The van der Waals surface area contributed by atoms with E-state index in [1.807, 2.05) is 19.1 Å². The number of amides is 1. The summed E-state index contributed by atoms with van der Waals surface area (Å²) in [6.07, 6.45) is 2.58. The Morgan fingerprint density at radius 2 is 2.00 bits per heavy atom. The number of thiophene rings is 1. The molecule has 0 aromatic carbocycles. The minimum atomic E-state index is -2.65. The lowest BCUT2D eigenvalue weighted by Crippen LogP contribution is -2.47. The number of hydrogen-bond donors (Lipinski definition) is 0. The average Bonchev–Trinajstić information content (AvgIpc) is 3.44. The highest BCUT2D eigenvalue weighted by Gasteiger charge is 2.55. The number of halogens is 2.